The van der Waals surface area contributed by atoms with Gasteiger partial charge in [-0.3, -0.25) is 4.31 Å². The normalized spacial score (nSPS) is 11.2. The fourth-order valence-electron chi connectivity index (χ4n) is 1.79. The van der Waals surface area contributed by atoms with Crippen molar-refractivity contribution in [1.82, 2.24) is 0 Å². The molecule has 116 valence electrons. The number of carboxylic acids is 1. The number of rotatable bonds is 5. The minimum absolute atomic E-state index is 0.0594. The summed E-state index contributed by atoms with van der Waals surface area (Å²) in [5, 5.41) is 11.2. The van der Waals surface area contributed by atoms with E-state index in [1.165, 1.54) is 30.3 Å². The first-order valence-corrected chi connectivity index (χ1v) is 8.24. The maximum absolute atomic E-state index is 12.7. The summed E-state index contributed by atoms with van der Waals surface area (Å²) in [6.45, 7) is -0.813. The number of hydrogen-bond acceptors (Lipinski definition) is 4. The zero-order valence-corrected chi connectivity index (χ0v) is 13.4. The number of sulfonamides is 1. The third-order valence-electron chi connectivity index (χ3n) is 2.80. The molecule has 0 bridgehead atoms. The lowest BCUT2D eigenvalue weighted by atomic mass is 10.3. The Morgan fingerprint density at radius 3 is 2.23 bits per heavy atom. The van der Waals surface area contributed by atoms with Crippen LogP contribution in [0.5, 0.6) is 0 Å². The number of halogens is 2. The van der Waals surface area contributed by atoms with Crippen LogP contribution in [0.15, 0.2) is 53.4 Å². The SMILES string of the molecule is O=C([O-])CN(c1ccccc1)S(=O)(=O)c1ccc(Cl)c(Cl)c1. The lowest BCUT2D eigenvalue weighted by Gasteiger charge is -2.25. The van der Waals surface area contributed by atoms with E-state index in [0.29, 0.717) is 0 Å². The highest BCUT2D eigenvalue weighted by Crippen LogP contribution is 2.28. The van der Waals surface area contributed by atoms with Gasteiger partial charge in [0.25, 0.3) is 10.0 Å². The zero-order valence-electron chi connectivity index (χ0n) is 11.1. The van der Waals surface area contributed by atoms with Gasteiger partial charge in [-0.25, -0.2) is 8.42 Å². The minimum atomic E-state index is -4.12. The number of para-hydroxylation sites is 1. The predicted molar refractivity (Wildman–Crippen MR) is 82.4 cm³/mol. The molecule has 0 aliphatic rings. The van der Waals surface area contributed by atoms with E-state index in [0.717, 1.165) is 4.31 Å². The number of carbonyl (C=O) groups excluding carboxylic acids is 1. The van der Waals surface area contributed by atoms with Crippen molar-refractivity contribution < 1.29 is 18.3 Å². The average Bonchev–Trinajstić information content (AvgIpc) is 2.48. The van der Waals surface area contributed by atoms with Crippen LogP contribution in [-0.4, -0.2) is 20.9 Å². The van der Waals surface area contributed by atoms with Gasteiger partial charge in [-0.1, -0.05) is 41.4 Å². The monoisotopic (exact) mass is 358 g/mol. The molecular weight excluding hydrogens is 349 g/mol. The second kappa shape index (κ2) is 6.56. The Hall–Kier alpha value is -1.76. The first kappa shape index (κ1) is 16.6. The molecule has 2 aromatic rings. The molecule has 0 aliphatic heterocycles. The van der Waals surface area contributed by atoms with E-state index < -0.39 is 22.5 Å². The average molecular weight is 359 g/mol. The van der Waals surface area contributed by atoms with Crippen molar-refractivity contribution in [2.75, 3.05) is 10.8 Å². The molecule has 22 heavy (non-hydrogen) atoms. The summed E-state index contributed by atoms with van der Waals surface area (Å²) in [4.78, 5) is 10.8. The maximum atomic E-state index is 12.7. The van der Waals surface area contributed by atoms with Crippen LogP contribution in [0.3, 0.4) is 0 Å². The van der Waals surface area contributed by atoms with Gasteiger partial charge in [-0.15, -0.1) is 0 Å². The third-order valence-corrected chi connectivity index (χ3v) is 5.30. The molecule has 2 rings (SSSR count). The van der Waals surface area contributed by atoms with Crippen LogP contribution in [0.1, 0.15) is 0 Å². The smallest absolute Gasteiger partial charge is 0.264 e. The topological polar surface area (TPSA) is 77.5 Å². The Morgan fingerprint density at radius 2 is 1.68 bits per heavy atom. The second-order valence-electron chi connectivity index (χ2n) is 4.30. The van der Waals surface area contributed by atoms with E-state index in [4.69, 9.17) is 23.2 Å². The highest BCUT2D eigenvalue weighted by Gasteiger charge is 2.25. The van der Waals surface area contributed by atoms with Crippen LogP contribution in [0.25, 0.3) is 0 Å². The first-order chi connectivity index (χ1) is 10.3. The number of carboxylic acid groups (broad SMARTS) is 1. The molecule has 5 nitrogen and oxygen atoms in total. The van der Waals surface area contributed by atoms with Gasteiger partial charge in [-0.05, 0) is 30.3 Å². The largest absolute Gasteiger partial charge is 0.548 e. The van der Waals surface area contributed by atoms with Gasteiger partial charge in [0.2, 0.25) is 0 Å². The standard InChI is InChI=1S/C14H11Cl2NO4S/c15-12-7-6-11(8-13(12)16)22(20,21)17(9-14(18)19)10-4-2-1-3-5-10/h1-8H,9H2,(H,18,19)/p-1. The van der Waals surface area contributed by atoms with Crippen LogP contribution < -0.4 is 9.41 Å². The molecule has 0 N–H and O–H groups in total. The van der Waals surface area contributed by atoms with E-state index in [9.17, 15) is 18.3 Å². The molecule has 0 saturated carbocycles. The summed E-state index contributed by atoms with van der Waals surface area (Å²) in [6.07, 6.45) is 0. The van der Waals surface area contributed by atoms with E-state index >= 15 is 0 Å². The fourth-order valence-corrected chi connectivity index (χ4v) is 3.59. The number of benzene rings is 2. The molecule has 0 radical (unpaired) electrons. The summed E-state index contributed by atoms with van der Waals surface area (Å²) in [5.74, 6) is -1.52. The quantitative estimate of drug-likeness (QED) is 0.818. The number of nitrogens with zero attached hydrogens (tertiary/aromatic N) is 1. The lowest BCUT2D eigenvalue weighted by Crippen LogP contribution is -2.41. The summed E-state index contributed by atoms with van der Waals surface area (Å²) < 4.78 is 26.1. The predicted octanol–water partition coefficient (Wildman–Crippen LogP) is 1.94. The van der Waals surface area contributed by atoms with E-state index in [1.807, 2.05) is 0 Å². The van der Waals surface area contributed by atoms with E-state index in [1.54, 1.807) is 18.2 Å². The molecule has 0 atom stereocenters. The number of anilines is 1. The van der Waals surface area contributed by atoms with Crippen molar-refractivity contribution >= 4 is 44.9 Å². The summed E-state index contributed by atoms with van der Waals surface area (Å²) in [6, 6.07) is 11.6. The molecule has 8 heteroatoms. The molecule has 0 aliphatic carbocycles. The fraction of sp³-hybridized carbons (Fsp3) is 0.0714. The van der Waals surface area contributed by atoms with Crippen molar-refractivity contribution in [3.05, 3.63) is 58.6 Å². The van der Waals surface area contributed by atoms with Gasteiger partial charge < -0.3 is 9.90 Å². The Kier molecular flexibility index (Phi) is 4.95. The molecule has 0 spiro atoms. The number of hydrogen-bond donors (Lipinski definition) is 0. The summed E-state index contributed by atoms with van der Waals surface area (Å²) in [5.41, 5.74) is 0.206. The number of aliphatic carboxylic acids is 1. The van der Waals surface area contributed by atoms with Crippen LogP contribution >= 0.6 is 23.2 Å². The Morgan fingerprint density at radius 1 is 1.05 bits per heavy atom. The van der Waals surface area contributed by atoms with Gasteiger partial charge in [-0.2, -0.15) is 0 Å². The number of carbonyl (C=O) groups is 1. The Labute approximate surface area is 137 Å². The van der Waals surface area contributed by atoms with Crippen LogP contribution in [0.2, 0.25) is 10.0 Å². The summed E-state index contributed by atoms with van der Waals surface area (Å²) >= 11 is 11.6. The molecule has 0 fully saturated rings. The molecular formula is C14H10Cl2NO4S-. The molecule has 0 saturated heterocycles. The molecule has 0 amide bonds. The van der Waals surface area contributed by atoms with Crippen molar-refractivity contribution in [3.8, 4) is 0 Å². The van der Waals surface area contributed by atoms with Gasteiger partial charge >= 0.3 is 0 Å². The third kappa shape index (κ3) is 3.52. The maximum Gasteiger partial charge on any atom is 0.264 e. The van der Waals surface area contributed by atoms with E-state index in [-0.39, 0.29) is 20.6 Å². The minimum Gasteiger partial charge on any atom is -0.548 e. The van der Waals surface area contributed by atoms with Crippen LogP contribution in [-0.2, 0) is 14.8 Å². The van der Waals surface area contributed by atoms with Crippen LogP contribution in [0.4, 0.5) is 5.69 Å². The molecule has 0 heterocycles. The second-order valence-corrected chi connectivity index (χ2v) is 6.97. The summed E-state index contributed by atoms with van der Waals surface area (Å²) in [7, 11) is -4.12. The van der Waals surface area contributed by atoms with Gasteiger partial charge in [0.05, 0.1) is 33.1 Å². The highest BCUT2D eigenvalue weighted by molar-refractivity contribution is 7.92. The molecule has 0 unspecified atom stereocenters. The Bertz CT molecular complexity index is 794. The Balaban J connectivity index is 2.54. The van der Waals surface area contributed by atoms with Gasteiger partial charge in [0.1, 0.15) is 0 Å². The van der Waals surface area contributed by atoms with E-state index in [2.05, 4.69) is 0 Å². The van der Waals surface area contributed by atoms with Crippen LogP contribution in [0, 0.1) is 0 Å². The van der Waals surface area contributed by atoms with Crippen molar-refractivity contribution in [2.24, 2.45) is 0 Å². The van der Waals surface area contributed by atoms with Crippen molar-refractivity contribution in [2.45, 2.75) is 4.90 Å². The molecule has 0 aromatic heterocycles. The van der Waals surface area contributed by atoms with Gasteiger partial charge in [0, 0.05) is 0 Å². The van der Waals surface area contributed by atoms with Crippen molar-refractivity contribution in [1.29, 1.82) is 0 Å². The highest BCUT2D eigenvalue weighted by atomic mass is 35.5. The van der Waals surface area contributed by atoms with Crippen molar-refractivity contribution in [3.63, 3.8) is 0 Å². The zero-order chi connectivity index (χ0) is 16.3. The van der Waals surface area contributed by atoms with Gasteiger partial charge in [0.15, 0.2) is 0 Å². The lowest BCUT2D eigenvalue weighted by molar-refractivity contribution is -0.303. The first-order valence-electron chi connectivity index (χ1n) is 6.05. The molecule has 2 aromatic carbocycles.